The highest BCUT2D eigenvalue weighted by atomic mass is 15.3. The van der Waals surface area contributed by atoms with Crippen molar-refractivity contribution < 1.29 is 0 Å². The highest BCUT2D eigenvalue weighted by Crippen LogP contribution is 2.25. The first-order valence-corrected chi connectivity index (χ1v) is 7.09. The molecule has 2 aromatic rings. The van der Waals surface area contributed by atoms with Gasteiger partial charge in [-0.15, -0.1) is 0 Å². The number of fused-ring (bicyclic) bond motifs is 1. The first-order chi connectivity index (χ1) is 9.74. The third kappa shape index (κ3) is 2.67. The van der Waals surface area contributed by atoms with Crippen molar-refractivity contribution in [3.8, 4) is 0 Å². The Hall–Kier alpha value is -1.88. The fraction of sp³-hybridized carbons (Fsp3) is 0.467. The lowest BCUT2D eigenvalue weighted by Gasteiger charge is -2.28. The monoisotopic (exact) mass is 271 g/mol. The van der Waals surface area contributed by atoms with Gasteiger partial charge in [0.1, 0.15) is 12.7 Å². The summed E-state index contributed by atoms with van der Waals surface area (Å²) in [6, 6.07) is 9.20. The van der Waals surface area contributed by atoms with Gasteiger partial charge in [-0.1, -0.05) is 18.2 Å². The van der Waals surface area contributed by atoms with Gasteiger partial charge in [0.2, 0.25) is 0 Å². The summed E-state index contributed by atoms with van der Waals surface area (Å²) >= 11 is 0. The molecule has 0 radical (unpaired) electrons. The van der Waals surface area contributed by atoms with Crippen LogP contribution in [0.15, 0.2) is 36.9 Å². The van der Waals surface area contributed by atoms with Crippen molar-refractivity contribution in [3.05, 3.63) is 42.5 Å². The van der Waals surface area contributed by atoms with E-state index in [-0.39, 0.29) is 0 Å². The standard InChI is InChI=1S/C15H21N5/c1-13-9-18(2)15-6-4-3-5-14(15)10-19(13)7-8-20-12-16-11-17-20/h3-6,11-13H,7-10H2,1-2H3/t13-/m1/s1. The van der Waals surface area contributed by atoms with Crippen LogP contribution >= 0.6 is 0 Å². The molecule has 0 N–H and O–H groups in total. The van der Waals surface area contributed by atoms with E-state index in [1.54, 1.807) is 12.7 Å². The first-order valence-electron chi connectivity index (χ1n) is 7.09. The van der Waals surface area contributed by atoms with Crippen LogP contribution in [-0.2, 0) is 13.1 Å². The summed E-state index contributed by atoms with van der Waals surface area (Å²) in [7, 11) is 2.18. The van der Waals surface area contributed by atoms with Gasteiger partial charge in [-0.05, 0) is 18.6 Å². The molecule has 1 atom stereocenters. The summed E-state index contributed by atoms with van der Waals surface area (Å²) in [4.78, 5) is 8.87. The van der Waals surface area contributed by atoms with E-state index in [9.17, 15) is 0 Å². The van der Waals surface area contributed by atoms with Crippen LogP contribution < -0.4 is 4.90 Å². The van der Waals surface area contributed by atoms with Crippen molar-refractivity contribution in [1.29, 1.82) is 0 Å². The topological polar surface area (TPSA) is 37.2 Å². The van der Waals surface area contributed by atoms with Crippen LogP contribution in [0.4, 0.5) is 5.69 Å². The molecule has 106 valence electrons. The maximum absolute atomic E-state index is 4.18. The summed E-state index contributed by atoms with van der Waals surface area (Å²) in [6.07, 6.45) is 3.37. The van der Waals surface area contributed by atoms with Crippen molar-refractivity contribution in [2.45, 2.75) is 26.1 Å². The molecule has 2 heterocycles. The molecule has 0 amide bonds. The van der Waals surface area contributed by atoms with Crippen LogP contribution in [-0.4, -0.2) is 45.8 Å². The van der Waals surface area contributed by atoms with Gasteiger partial charge >= 0.3 is 0 Å². The number of rotatable bonds is 3. The molecule has 0 fully saturated rings. The van der Waals surface area contributed by atoms with E-state index < -0.39 is 0 Å². The highest BCUT2D eigenvalue weighted by molar-refractivity contribution is 5.53. The molecule has 0 spiro atoms. The number of para-hydroxylation sites is 1. The normalized spacial score (nSPS) is 19.7. The van der Waals surface area contributed by atoms with Crippen molar-refractivity contribution >= 4 is 5.69 Å². The second-order valence-electron chi connectivity index (χ2n) is 5.49. The summed E-state index contributed by atoms with van der Waals surface area (Å²) in [5.74, 6) is 0. The predicted octanol–water partition coefficient (Wildman–Crippen LogP) is 1.62. The number of likely N-dealkylation sites (N-methyl/N-ethyl adjacent to an activating group) is 1. The Morgan fingerprint density at radius 1 is 1.25 bits per heavy atom. The lowest BCUT2D eigenvalue weighted by atomic mass is 10.1. The van der Waals surface area contributed by atoms with E-state index in [4.69, 9.17) is 0 Å². The van der Waals surface area contributed by atoms with Gasteiger partial charge in [-0.25, -0.2) is 4.98 Å². The lowest BCUT2D eigenvalue weighted by molar-refractivity contribution is 0.198. The SMILES string of the molecule is C[C@@H]1CN(C)c2ccccc2CN1CCn1cncn1. The van der Waals surface area contributed by atoms with Gasteiger partial charge in [0, 0.05) is 38.4 Å². The number of benzene rings is 1. The molecule has 5 heteroatoms. The maximum Gasteiger partial charge on any atom is 0.137 e. The molecule has 0 saturated carbocycles. The van der Waals surface area contributed by atoms with Crippen LogP contribution in [0.2, 0.25) is 0 Å². The maximum atomic E-state index is 4.18. The van der Waals surface area contributed by atoms with Crippen LogP contribution in [0.5, 0.6) is 0 Å². The summed E-state index contributed by atoms with van der Waals surface area (Å²) in [5, 5.41) is 4.18. The van der Waals surface area contributed by atoms with E-state index in [0.717, 1.165) is 26.2 Å². The number of aromatic nitrogens is 3. The van der Waals surface area contributed by atoms with Crippen LogP contribution in [0.1, 0.15) is 12.5 Å². The summed E-state index contributed by atoms with van der Waals surface area (Å²) in [6.45, 7) is 6.22. The molecule has 0 unspecified atom stereocenters. The van der Waals surface area contributed by atoms with E-state index >= 15 is 0 Å². The summed E-state index contributed by atoms with van der Waals surface area (Å²) in [5.41, 5.74) is 2.75. The van der Waals surface area contributed by atoms with E-state index in [1.165, 1.54) is 11.3 Å². The Bertz CT molecular complexity index is 551. The van der Waals surface area contributed by atoms with Crippen molar-refractivity contribution in [2.75, 3.05) is 25.0 Å². The second kappa shape index (κ2) is 5.63. The average Bonchev–Trinajstić information content (AvgIpc) is 2.92. The van der Waals surface area contributed by atoms with Crippen molar-refractivity contribution in [3.63, 3.8) is 0 Å². The molecule has 3 rings (SSSR count). The minimum absolute atomic E-state index is 0.524. The molecule has 1 aromatic carbocycles. The highest BCUT2D eigenvalue weighted by Gasteiger charge is 2.22. The quantitative estimate of drug-likeness (QED) is 0.850. The minimum Gasteiger partial charge on any atom is -0.373 e. The molecule has 1 aliphatic heterocycles. The fourth-order valence-electron chi connectivity index (χ4n) is 2.88. The van der Waals surface area contributed by atoms with Gasteiger partial charge in [-0.3, -0.25) is 9.58 Å². The summed E-state index contributed by atoms with van der Waals surface area (Å²) < 4.78 is 1.90. The Kier molecular flexibility index (Phi) is 3.69. The smallest absolute Gasteiger partial charge is 0.137 e. The molecular formula is C15H21N5. The van der Waals surface area contributed by atoms with E-state index in [2.05, 4.69) is 58.1 Å². The number of anilines is 1. The Morgan fingerprint density at radius 2 is 2.10 bits per heavy atom. The third-order valence-corrected chi connectivity index (χ3v) is 4.02. The second-order valence-corrected chi connectivity index (χ2v) is 5.49. The van der Waals surface area contributed by atoms with E-state index in [0.29, 0.717) is 6.04 Å². The molecule has 0 aliphatic carbocycles. The molecule has 1 aromatic heterocycles. The zero-order valence-electron chi connectivity index (χ0n) is 12.1. The third-order valence-electron chi connectivity index (χ3n) is 4.02. The Labute approximate surface area is 119 Å². The molecule has 0 saturated heterocycles. The number of nitrogens with zero attached hydrogens (tertiary/aromatic N) is 5. The van der Waals surface area contributed by atoms with Gasteiger partial charge in [0.15, 0.2) is 0 Å². The molecule has 5 nitrogen and oxygen atoms in total. The number of hydrogen-bond donors (Lipinski definition) is 0. The van der Waals surface area contributed by atoms with Crippen molar-refractivity contribution in [2.24, 2.45) is 0 Å². The lowest BCUT2D eigenvalue weighted by Crippen LogP contribution is -2.39. The zero-order chi connectivity index (χ0) is 13.9. The van der Waals surface area contributed by atoms with Crippen LogP contribution in [0.25, 0.3) is 0 Å². The number of hydrogen-bond acceptors (Lipinski definition) is 4. The molecule has 20 heavy (non-hydrogen) atoms. The van der Waals surface area contributed by atoms with Gasteiger partial charge in [-0.2, -0.15) is 5.10 Å². The molecular weight excluding hydrogens is 250 g/mol. The van der Waals surface area contributed by atoms with E-state index in [1.807, 2.05) is 4.68 Å². The van der Waals surface area contributed by atoms with Gasteiger partial charge in [0.05, 0.1) is 6.54 Å². The predicted molar refractivity (Wildman–Crippen MR) is 79.6 cm³/mol. The molecule has 0 bridgehead atoms. The fourth-order valence-corrected chi connectivity index (χ4v) is 2.88. The first kappa shape index (κ1) is 13.1. The minimum atomic E-state index is 0.524. The van der Waals surface area contributed by atoms with Gasteiger partial charge < -0.3 is 4.90 Å². The largest absolute Gasteiger partial charge is 0.373 e. The molecule has 1 aliphatic rings. The van der Waals surface area contributed by atoms with Gasteiger partial charge in [0.25, 0.3) is 0 Å². The Balaban J connectivity index is 1.75. The Morgan fingerprint density at radius 3 is 2.90 bits per heavy atom. The zero-order valence-corrected chi connectivity index (χ0v) is 12.1. The van der Waals surface area contributed by atoms with Crippen LogP contribution in [0.3, 0.4) is 0 Å². The average molecular weight is 271 g/mol. The van der Waals surface area contributed by atoms with Crippen LogP contribution in [0, 0.1) is 0 Å². The van der Waals surface area contributed by atoms with Crippen molar-refractivity contribution in [1.82, 2.24) is 19.7 Å².